The molecule has 0 radical (unpaired) electrons. The van der Waals surface area contributed by atoms with Gasteiger partial charge in [0.2, 0.25) is 0 Å². The molecule has 1 saturated carbocycles. The lowest BCUT2D eigenvalue weighted by Gasteiger charge is -2.31. The van der Waals surface area contributed by atoms with E-state index in [-0.39, 0.29) is 24.8 Å². The van der Waals surface area contributed by atoms with Gasteiger partial charge in [0, 0.05) is 18.8 Å². The summed E-state index contributed by atoms with van der Waals surface area (Å²) in [5, 5.41) is 12.3. The van der Waals surface area contributed by atoms with Crippen molar-refractivity contribution < 1.29 is 28.6 Å². The number of hydrogen-bond donors (Lipinski definition) is 2. The van der Waals surface area contributed by atoms with Crippen LogP contribution in [-0.2, 0) is 16.1 Å². The quantitative estimate of drug-likeness (QED) is 0.349. The number of ether oxygens (including phenoxy) is 2. The van der Waals surface area contributed by atoms with Gasteiger partial charge in [-0.15, -0.1) is 0 Å². The fourth-order valence-electron chi connectivity index (χ4n) is 4.65. The molecule has 37 heavy (non-hydrogen) atoms. The molecule has 0 aromatic heterocycles. The van der Waals surface area contributed by atoms with Crippen LogP contribution in [0.25, 0.3) is 0 Å². The van der Waals surface area contributed by atoms with Gasteiger partial charge >= 0.3 is 12.0 Å². The van der Waals surface area contributed by atoms with E-state index in [1.54, 1.807) is 36.1 Å². The molecule has 2 aromatic rings. The summed E-state index contributed by atoms with van der Waals surface area (Å²) >= 11 is 0. The van der Waals surface area contributed by atoms with Gasteiger partial charge in [0.05, 0.1) is 31.0 Å². The smallest absolute Gasteiger partial charge is 0.336 e. The van der Waals surface area contributed by atoms with Crippen molar-refractivity contribution in [3.63, 3.8) is 0 Å². The number of nitrogens with zero attached hydrogens (tertiary/aromatic N) is 1. The largest absolute Gasteiger partial charge is 0.478 e. The number of hydrogen-bond acceptors (Lipinski definition) is 4. The molecule has 2 aromatic carbocycles. The first-order valence-corrected chi connectivity index (χ1v) is 13.1. The van der Waals surface area contributed by atoms with Crippen LogP contribution in [0.1, 0.15) is 67.4 Å². The zero-order valence-electron chi connectivity index (χ0n) is 22.0. The molecule has 7 nitrogen and oxygen atoms in total. The number of halogens is 1. The van der Waals surface area contributed by atoms with E-state index < -0.39 is 11.8 Å². The van der Waals surface area contributed by atoms with Crippen LogP contribution in [0.3, 0.4) is 0 Å². The number of amides is 2. The van der Waals surface area contributed by atoms with Crippen molar-refractivity contribution in [1.82, 2.24) is 4.90 Å². The lowest BCUT2D eigenvalue weighted by atomic mass is 9.94. The molecular formula is C29H39FN2O5. The van der Waals surface area contributed by atoms with Crippen molar-refractivity contribution in [1.29, 1.82) is 0 Å². The van der Waals surface area contributed by atoms with E-state index in [0.29, 0.717) is 42.4 Å². The minimum absolute atomic E-state index is 0.00611. The Bertz CT molecular complexity index is 1050. The van der Waals surface area contributed by atoms with Crippen LogP contribution in [0.2, 0.25) is 0 Å². The molecule has 1 fully saturated rings. The Morgan fingerprint density at radius 1 is 1.16 bits per heavy atom. The number of benzene rings is 2. The van der Waals surface area contributed by atoms with Crippen LogP contribution < -0.4 is 5.32 Å². The first-order valence-electron chi connectivity index (χ1n) is 13.1. The van der Waals surface area contributed by atoms with Gasteiger partial charge in [0.15, 0.2) is 0 Å². The van der Waals surface area contributed by atoms with Crippen molar-refractivity contribution in [2.24, 2.45) is 5.92 Å². The normalized spacial score (nSPS) is 18.3. The maximum absolute atomic E-state index is 13.5. The fourth-order valence-corrected chi connectivity index (χ4v) is 4.65. The van der Waals surface area contributed by atoms with Crippen molar-refractivity contribution in [3.05, 3.63) is 65.0 Å². The number of anilines is 1. The average molecular weight is 515 g/mol. The zero-order valence-corrected chi connectivity index (χ0v) is 22.0. The topological polar surface area (TPSA) is 88.1 Å². The van der Waals surface area contributed by atoms with Crippen LogP contribution in [0.15, 0.2) is 42.5 Å². The second-order valence-electron chi connectivity index (χ2n) is 9.91. The van der Waals surface area contributed by atoms with Crippen LogP contribution >= 0.6 is 0 Å². The highest BCUT2D eigenvalue weighted by molar-refractivity contribution is 5.91. The molecule has 1 aliphatic rings. The van der Waals surface area contributed by atoms with Gasteiger partial charge in [-0.05, 0) is 67.9 Å². The number of carbonyl (C=O) groups excluding carboxylic acids is 1. The second-order valence-corrected chi connectivity index (χ2v) is 9.91. The van der Waals surface area contributed by atoms with E-state index in [1.807, 2.05) is 6.07 Å². The highest BCUT2D eigenvalue weighted by Gasteiger charge is 2.25. The van der Waals surface area contributed by atoms with Crippen molar-refractivity contribution in [3.8, 4) is 0 Å². The van der Waals surface area contributed by atoms with Crippen molar-refractivity contribution in [2.45, 2.75) is 71.7 Å². The van der Waals surface area contributed by atoms with Gasteiger partial charge in [-0.3, -0.25) is 0 Å². The van der Waals surface area contributed by atoms with Gasteiger partial charge < -0.3 is 24.8 Å². The Kier molecular flexibility index (Phi) is 10.9. The SMILES string of the molecule is CCC(C)CN(CCO[C@H]1CCC[C@@H](OCc2cccc(C)c2C(=O)O)C1)C(=O)Nc1cccc(F)c1. The Morgan fingerprint density at radius 2 is 1.89 bits per heavy atom. The molecule has 0 saturated heterocycles. The molecule has 3 rings (SSSR count). The number of rotatable bonds is 12. The minimum Gasteiger partial charge on any atom is -0.478 e. The summed E-state index contributed by atoms with van der Waals surface area (Å²) in [6.07, 6.45) is 4.48. The molecule has 0 spiro atoms. The summed E-state index contributed by atoms with van der Waals surface area (Å²) < 4.78 is 25.8. The summed E-state index contributed by atoms with van der Waals surface area (Å²) in [6.45, 7) is 7.63. The molecule has 0 aliphatic heterocycles. The maximum atomic E-state index is 13.5. The second kappa shape index (κ2) is 14.1. The average Bonchev–Trinajstić information content (AvgIpc) is 2.86. The Hall–Kier alpha value is -2.97. The van der Waals surface area contributed by atoms with E-state index in [1.165, 1.54) is 12.1 Å². The van der Waals surface area contributed by atoms with Crippen LogP contribution in [-0.4, -0.2) is 53.9 Å². The highest BCUT2D eigenvalue weighted by atomic mass is 19.1. The molecule has 1 unspecified atom stereocenters. The molecule has 8 heteroatoms. The minimum atomic E-state index is -0.940. The third kappa shape index (κ3) is 8.83. The summed E-state index contributed by atoms with van der Waals surface area (Å²) in [5.74, 6) is -1.02. The molecule has 3 atom stereocenters. The summed E-state index contributed by atoms with van der Waals surface area (Å²) in [4.78, 5) is 26.3. The molecule has 0 heterocycles. The van der Waals surface area contributed by atoms with Gasteiger partial charge in [-0.2, -0.15) is 0 Å². The van der Waals surface area contributed by atoms with E-state index in [4.69, 9.17) is 9.47 Å². The van der Waals surface area contributed by atoms with Crippen LogP contribution in [0.5, 0.6) is 0 Å². The molecule has 2 N–H and O–H groups in total. The number of nitrogens with one attached hydrogen (secondary N) is 1. The number of carbonyl (C=O) groups is 2. The number of urea groups is 1. The summed E-state index contributed by atoms with van der Waals surface area (Å²) in [5.41, 5.74) is 2.14. The summed E-state index contributed by atoms with van der Waals surface area (Å²) in [7, 11) is 0. The first kappa shape index (κ1) is 28.6. The van der Waals surface area contributed by atoms with Crippen LogP contribution in [0, 0.1) is 18.7 Å². The Labute approximate surface area is 219 Å². The van der Waals surface area contributed by atoms with Crippen molar-refractivity contribution in [2.75, 3.05) is 25.0 Å². The van der Waals surface area contributed by atoms with Gasteiger partial charge in [-0.1, -0.05) is 44.5 Å². The fraction of sp³-hybridized carbons (Fsp3) is 0.517. The Morgan fingerprint density at radius 3 is 2.59 bits per heavy atom. The zero-order chi connectivity index (χ0) is 26.8. The molecule has 202 valence electrons. The number of carboxylic acid groups (broad SMARTS) is 1. The molecule has 2 amide bonds. The Balaban J connectivity index is 1.50. The van der Waals surface area contributed by atoms with E-state index in [0.717, 1.165) is 37.7 Å². The first-order chi connectivity index (χ1) is 17.8. The van der Waals surface area contributed by atoms with Crippen LogP contribution in [0.4, 0.5) is 14.9 Å². The van der Waals surface area contributed by atoms with Crippen molar-refractivity contribution >= 4 is 17.7 Å². The third-order valence-electron chi connectivity index (χ3n) is 6.93. The molecule has 1 aliphatic carbocycles. The van der Waals surface area contributed by atoms with Gasteiger partial charge in [0.1, 0.15) is 5.82 Å². The predicted molar refractivity (Wildman–Crippen MR) is 141 cm³/mol. The lowest BCUT2D eigenvalue weighted by Crippen LogP contribution is -2.41. The van der Waals surface area contributed by atoms with Gasteiger partial charge in [0.25, 0.3) is 0 Å². The maximum Gasteiger partial charge on any atom is 0.336 e. The number of carboxylic acids is 1. The number of aryl methyl sites for hydroxylation is 1. The monoisotopic (exact) mass is 514 g/mol. The highest BCUT2D eigenvalue weighted by Crippen LogP contribution is 2.25. The number of aromatic carboxylic acids is 1. The van der Waals surface area contributed by atoms with E-state index in [2.05, 4.69) is 19.2 Å². The van der Waals surface area contributed by atoms with Gasteiger partial charge in [-0.25, -0.2) is 14.0 Å². The lowest BCUT2D eigenvalue weighted by molar-refractivity contribution is -0.0525. The molecule has 0 bridgehead atoms. The summed E-state index contributed by atoms with van der Waals surface area (Å²) in [6, 6.07) is 11.0. The van der Waals surface area contributed by atoms with E-state index >= 15 is 0 Å². The predicted octanol–water partition coefficient (Wildman–Crippen LogP) is 6.26. The van der Waals surface area contributed by atoms with E-state index in [9.17, 15) is 19.1 Å². The standard InChI is InChI=1S/C29H39FN2O5/c1-4-20(2)18-32(29(35)31-24-11-6-10-23(30)16-24)14-15-36-25-12-7-13-26(17-25)37-19-22-9-5-8-21(3)27(22)28(33)34/h5-6,8-11,16,20,25-26H,4,7,12-15,17-19H2,1-3H3,(H,31,35)(H,33,34)/t20?,25-,26+/m0/s1. The molecular weight excluding hydrogens is 475 g/mol. The third-order valence-corrected chi connectivity index (χ3v) is 6.93.